The molecule has 2 rings (SSSR count). The summed E-state index contributed by atoms with van der Waals surface area (Å²) in [5.41, 5.74) is 2.68. The average molecular weight is 365 g/mol. The van der Waals surface area contributed by atoms with Gasteiger partial charge >= 0.3 is 0 Å². The van der Waals surface area contributed by atoms with Crippen LogP contribution in [0.1, 0.15) is 12.5 Å². The molecule has 0 atom stereocenters. The van der Waals surface area contributed by atoms with Gasteiger partial charge in [-0.2, -0.15) is 0 Å². The molecule has 0 bridgehead atoms. The Morgan fingerprint density at radius 3 is 2.83 bits per heavy atom. The van der Waals surface area contributed by atoms with E-state index >= 15 is 0 Å². The van der Waals surface area contributed by atoms with Crippen molar-refractivity contribution in [3.63, 3.8) is 0 Å². The van der Waals surface area contributed by atoms with Crippen LogP contribution in [0.4, 0.5) is 5.69 Å². The zero-order valence-corrected chi connectivity index (χ0v) is 15.0. The molecule has 0 unspecified atom stereocenters. The normalized spacial score (nSPS) is 12.3. The van der Waals surface area contributed by atoms with Crippen molar-refractivity contribution in [2.45, 2.75) is 13.8 Å². The van der Waals surface area contributed by atoms with Gasteiger partial charge in [0.1, 0.15) is 5.76 Å². The van der Waals surface area contributed by atoms with Crippen molar-refractivity contribution in [2.75, 3.05) is 17.8 Å². The molecule has 0 spiro atoms. The Labute approximate surface area is 151 Å². The minimum atomic E-state index is -0.265. The van der Waals surface area contributed by atoms with Crippen LogP contribution in [0.25, 0.3) is 10.9 Å². The quantitative estimate of drug-likeness (QED) is 0.456. The van der Waals surface area contributed by atoms with E-state index < -0.39 is 0 Å². The maximum absolute atomic E-state index is 12.0. The molecule has 4 nitrogen and oxygen atoms in total. The van der Waals surface area contributed by atoms with Crippen molar-refractivity contribution in [3.05, 3.63) is 59.0 Å². The molecule has 126 valence electrons. The molecule has 0 aliphatic rings. The Bertz CT molecular complexity index is 797. The molecule has 24 heavy (non-hydrogen) atoms. The van der Waals surface area contributed by atoms with E-state index in [0.717, 1.165) is 16.5 Å². The number of aryl methyl sites for hydroxylation is 1. The summed E-state index contributed by atoms with van der Waals surface area (Å²) in [7, 11) is 0. The fourth-order valence-electron chi connectivity index (χ4n) is 2.06. The number of allylic oxidation sites excluding steroid dienone is 4. The van der Waals surface area contributed by atoms with Gasteiger partial charge in [0.15, 0.2) is 6.61 Å². The number of anilines is 1. The first-order chi connectivity index (χ1) is 11.5. The molecule has 2 aromatic rings. The average Bonchev–Trinajstić information content (AvgIpc) is 2.55. The van der Waals surface area contributed by atoms with Crippen LogP contribution in [-0.2, 0) is 9.53 Å². The topological polar surface area (TPSA) is 51.2 Å². The highest BCUT2D eigenvalue weighted by atomic mass is 35.5. The minimum absolute atomic E-state index is 0.127. The number of pyridine rings is 1. The first kappa shape index (κ1) is 18.3. The number of carbonyl (C=O) groups is 1. The standard InChI is InChI=1S/C18H18Cl2N2O2/c1-12-7-8-21-17-6-4-14(9-16(12)17)22-18(23)11-24-15(10-19)5-3-13(2)20/h3-9H,10-11H2,1-2H3,(H,22,23)/b13-3+,15-5+. The molecule has 1 aromatic heterocycles. The van der Waals surface area contributed by atoms with Gasteiger partial charge in [-0.15, -0.1) is 11.6 Å². The molecule has 1 aromatic carbocycles. The number of benzene rings is 1. The van der Waals surface area contributed by atoms with Crippen LogP contribution in [0.2, 0.25) is 0 Å². The van der Waals surface area contributed by atoms with Crippen LogP contribution in [0.15, 0.2) is 53.4 Å². The SMILES string of the molecule is C/C(Cl)=C\C=C(/CCl)OCC(=O)Nc1ccc2nccc(C)c2c1. The van der Waals surface area contributed by atoms with Gasteiger partial charge in [0.2, 0.25) is 0 Å². The number of carbonyl (C=O) groups excluding carboxylic acids is 1. The van der Waals surface area contributed by atoms with Gasteiger partial charge in [-0.1, -0.05) is 11.6 Å². The third-order valence-corrected chi connectivity index (χ3v) is 3.65. The minimum Gasteiger partial charge on any atom is -0.487 e. The Hall–Kier alpha value is -2.04. The monoisotopic (exact) mass is 364 g/mol. The molecule has 0 radical (unpaired) electrons. The molecule has 1 amide bonds. The summed E-state index contributed by atoms with van der Waals surface area (Å²) in [5.74, 6) is 0.373. The molecular formula is C18H18Cl2N2O2. The number of amides is 1. The summed E-state index contributed by atoms with van der Waals surface area (Å²) >= 11 is 11.5. The van der Waals surface area contributed by atoms with Crippen LogP contribution < -0.4 is 5.32 Å². The Morgan fingerprint density at radius 1 is 1.33 bits per heavy atom. The lowest BCUT2D eigenvalue weighted by molar-refractivity contribution is -0.119. The van der Waals surface area contributed by atoms with Gasteiger partial charge in [0.05, 0.1) is 11.4 Å². The Morgan fingerprint density at radius 2 is 2.12 bits per heavy atom. The van der Waals surface area contributed by atoms with Crippen molar-refractivity contribution in [3.8, 4) is 0 Å². The van der Waals surface area contributed by atoms with Gasteiger partial charge < -0.3 is 10.1 Å². The van der Waals surface area contributed by atoms with E-state index in [0.29, 0.717) is 16.5 Å². The number of rotatable bonds is 6. The molecule has 0 fully saturated rings. The Balaban J connectivity index is 2.01. The zero-order chi connectivity index (χ0) is 17.5. The highest BCUT2D eigenvalue weighted by Crippen LogP contribution is 2.20. The van der Waals surface area contributed by atoms with E-state index in [1.165, 1.54) is 0 Å². The summed E-state index contributed by atoms with van der Waals surface area (Å²) in [6, 6.07) is 7.51. The first-order valence-corrected chi connectivity index (χ1v) is 8.28. The van der Waals surface area contributed by atoms with E-state index in [1.54, 1.807) is 25.3 Å². The van der Waals surface area contributed by atoms with Crippen LogP contribution in [0.3, 0.4) is 0 Å². The number of aromatic nitrogens is 1. The second-order valence-electron chi connectivity index (χ2n) is 5.22. The second-order valence-corrected chi connectivity index (χ2v) is 6.08. The van der Waals surface area contributed by atoms with Crippen LogP contribution >= 0.6 is 23.2 Å². The third-order valence-electron chi connectivity index (χ3n) is 3.26. The fourth-order valence-corrected chi connectivity index (χ4v) is 2.28. The van der Waals surface area contributed by atoms with E-state index in [4.69, 9.17) is 27.9 Å². The Kier molecular flexibility index (Phi) is 6.64. The van der Waals surface area contributed by atoms with Crippen molar-refractivity contribution >= 4 is 45.7 Å². The number of ether oxygens (including phenoxy) is 1. The molecule has 6 heteroatoms. The maximum Gasteiger partial charge on any atom is 0.262 e. The summed E-state index contributed by atoms with van der Waals surface area (Å²) < 4.78 is 5.39. The molecule has 0 aliphatic heterocycles. The van der Waals surface area contributed by atoms with Crippen molar-refractivity contribution in [1.82, 2.24) is 4.98 Å². The lowest BCUT2D eigenvalue weighted by atomic mass is 10.1. The highest BCUT2D eigenvalue weighted by molar-refractivity contribution is 6.29. The van der Waals surface area contributed by atoms with Gasteiger partial charge in [-0.25, -0.2) is 0 Å². The molecule has 0 saturated carbocycles. The molecule has 0 saturated heterocycles. The molecule has 1 heterocycles. The van der Waals surface area contributed by atoms with Gasteiger partial charge in [0, 0.05) is 22.3 Å². The lowest BCUT2D eigenvalue weighted by Crippen LogP contribution is -2.18. The van der Waals surface area contributed by atoms with Gasteiger partial charge in [0.25, 0.3) is 5.91 Å². The molecule has 0 aliphatic carbocycles. The number of hydrogen-bond acceptors (Lipinski definition) is 3. The predicted octanol–water partition coefficient (Wildman–Crippen LogP) is 4.76. The van der Waals surface area contributed by atoms with Crippen molar-refractivity contribution < 1.29 is 9.53 Å². The number of fused-ring (bicyclic) bond motifs is 1. The number of hydrogen-bond donors (Lipinski definition) is 1. The summed E-state index contributed by atoms with van der Waals surface area (Å²) in [5, 5.41) is 4.40. The summed E-state index contributed by atoms with van der Waals surface area (Å²) in [6.07, 6.45) is 5.07. The highest BCUT2D eigenvalue weighted by Gasteiger charge is 2.06. The summed E-state index contributed by atoms with van der Waals surface area (Å²) in [4.78, 5) is 16.3. The zero-order valence-electron chi connectivity index (χ0n) is 13.5. The van der Waals surface area contributed by atoms with Crippen molar-refractivity contribution in [2.24, 2.45) is 0 Å². The van der Waals surface area contributed by atoms with Crippen LogP contribution in [0.5, 0.6) is 0 Å². The van der Waals surface area contributed by atoms with Crippen LogP contribution in [0, 0.1) is 6.92 Å². The second kappa shape index (κ2) is 8.71. The number of nitrogens with one attached hydrogen (secondary N) is 1. The van der Waals surface area contributed by atoms with E-state index in [9.17, 15) is 4.79 Å². The van der Waals surface area contributed by atoms with Gasteiger partial charge in [-0.3, -0.25) is 9.78 Å². The molecular weight excluding hydrogens is 347 g/mol. The molecule has 1 N–H and O–H groups in total. The fraction of sp³-hybridized carbons (Fsp3) is 0.222. The van der Waals surface area contributed by atoms with Crippen LogP contribution in [-0.4, -0.2) is 23.4 Å². The smallest absolute Gasteiger partial charge is 0.262 e. The van der Waals surface area contributed by atoms with E-state index in [2.05, 4.69) is 10.3 Å². The predicted molar refractivity (Wildman–Crippen MR) is 99.5 cm³/mol. The largest absolute Gasteiger partial charge is 0.487 e. The van der Waals surface area contributed by atoms with E-state index in [1.807, 2.05) is 31.2 Å². The summed E-state index contributed by atoms with van der Waals surface area (Å²) in [6.45, 7) is 3.62. The third kappa shape index (κ3) is 5.25. The lowest BCUT2D eigenvalue weighted by Gasteiger charge is -2.09. The van der Waals surface area contributed by atoms with E-state index in [-0.39, 0.29) is 18.4 Å². The van der Waals surface area contributed by atoms with Crippen molar-refractivity contribution in [1.29, 1.82) is 0 Å². The number of alkyl halides is 1. The number of halogens is 2. The maximum atomic E-state index is 12.0. The first-order valence-electron chi connectivity index (χ1n) is 7.36. The van der Waals surface area contributed by atoms with Gasteiger partial charge in [-0.05, 0) is 55.8 Å². The number of nitrogens with zero attached hydrogens (tertiary/aromatic N) is 1.